The van der Waals surface area contributed by atoms with E-state index < -0.39 is 108 Å². The number of aliphatic hydroxyl groups excluding tert-OH is 1. The lowest BCUT2D eigenvalue weighted by Gasteiger charge is -2.41. The Labute approximate surface area is 577 Å². The zero-order valence-corrected chi connectivity index (χ0v) is 60.1. The van der Waals surface area contributed by atoms with Crippen LogP contribution >= 0.6 is 0 Å². The average molecular weight is 1380 g/mol. The van der Waals surface area contributed by atoms with Gasteiger partial charge in [-0.2, -0.15) is 0 Å². The molecule has 0 radical (unpaired) electrons. The summed E-state index contributed by atoms with van der Waals surface area (Å²) < 4.78 is 23.2. The van der Waals surface area contributed by atoms with E-state index in [2.05, 4.69) is 37.2 Å². The molecule has 13 atom stereocenters. The lowest BCUT2D eigenvalue weighted by atomic mass is 9.89. The van der Waals surface area contributed by atoms with Crippen LogP contribution in [0.2, 0.25) is 0 Å². The Morgan fingerprint density at radius 1 is 0.704 bits per heavy atom. The summed E-state index contributed by atoms with van der Waals surface area (Å²) in [7, 11) is 9.73. The molecule has 546 valence electrons. The number of likely N-dealkylation sites (tertiary alicyclic amines) is 1. The Hall–Kier alpha value is -8.21. The van der Waals surface area contributed by atoms with Crippen molar-refractivity contribution in [2.75, 3.05) is 67.4 Å². The minimum Gasteiger partial charge on any atom is -0.497 e. The number of benzene rings is 2. The number of hydrogen-bond acceptors (Lipinski definition) is 17. The molecule has 98 heavy (non-hydrogen) atoms. The van der Waals surface area contributed by atoms with Crippen LogP contribution in [0.3, 0.4) is 0 Å². The van der Waals surface area contributed by atoms with E-state index in [1.165, 1.54) is 38.4 Å². The van der Waals surface area contributed by atoms with Crippen molar-refractivity contribution < 1.29 is 76.8 Å². The van der Waals surface area contributed by atoms with E-state index in [9.17, 15) is 57.8 Å². The van der Waals surface area contributed by atoms with E-state index in [0.717, 1.165) is 4.90 Å². The zero-order chi connectivity index (χ0) is 73.2. The number of hydrogen-bond donors (Lipinski definition) is 9. The first kappa shape index (κ1) is 82.2. The molecule has 0 saturated carbocycles. The van der Waals surface area contributed by atoms with E-state index in [-0.39, 0.29) is 112 Å². The second-order valence-corrected chi connectivity index (χ2v) is 26.9. The van der Waals surface area contributed by atoms with Crippen molar-refractivity contribution in [2.45, 2.75) is 200 Å². The molecule has 28 nitrogen and oxygen atoms in total. The van der Waals surface area contributed by atoms with Crippen molar-refractivity contribution in [1.29, 1.82) is 0 Å². The van der Waals surface area contributed by atoms with Crippen LogP contribution in [0.15, 0.2) is 60.7 Å². The molecule has 2 aromatic rings. The number of aliphatic hydroxyl groups is 1. The number of amides is 12. The van der Waals surface area contributed by atoms with Crippen molar-refractivity contribution in [3.05, 3.63) is 71.8 Å². The maximum atomic E-state index is 14.7. The molecule has 10 N–H and O–H groups in total. The van der Waals surface area contributed by atoms with E-state index in [1.54, 1.807) is 88.2 Å². The third-order valence-electron chi connectivity index (χ3n) is 18.2. The molecule has 3 unspecified atom stereocenters. The number of primary amides is 1. The van der Waals surface area contributed by atoms with Crippen LogP contribution in [0.4, 0.5) is 15.3 Å². The third-order valence-corrected chi connectivity index (χ3v) is 18.2. The summed E-state index contributed by atoms with van der Waals surface area (Å²) in [5, 5.41) is 30.9. The normalized spacial score (nSPS) is 18.0. The molecule has 4 rings (SSSR count). The molecule has 28 heteroatoms. The maximum absolute atomic E-state index is 14.7. The fraction of sp³-hybridized carbons (Fsp3) is 0.643. The van der Waals surface area contributed by atoms with Gasteiger partial charge in [0.05, 0.1) is 68.0 Å². The predicted octanol–water partition coefficient (Wildman–Crippen LogP) is 4.28. The molecule has 2 heterocycles. The second-order valence-electron chi connectivity index (χ2n) is 26.9. The molecule has 0 spiro atoms. The van der Waals surface area contributed by atoms with Crippen LogP contribution in [-0.4, -0.2) is 213 Å². The number of β-amino-alcohol motifs (C(OH)–C–C–N with tert-alkyl or cyclic N) is 1. The SMILES string of the molecule is CC[C@H](C)C([C@@H](CC(=O)N1C[C@@H](O)C[C@H]1[C@H](OC)[C@@H](C)C(=O)N[C@H](C)C(NC(=O)OCc1ccc(NC(=O)C(CCCNC(N)=O)NC(=O)[C@@H](NC(=O)CCCCCN2C(=O)C=CC2=O)C(C)C)cc1)c1ccc(OC)cc1)OC)N(C)C(=O)[C@@H](NC(=O)[C@H](C(C)C)N(C)C)C(C)C. The largest absolute Gasteiger partial charge is 0.497 e. The number of nitrogens with one attached hydrogen (secondary N) is 7. The highest BCUT2D eigenvalue weighted by Crippen LogP contribution is 2.31. The maximum Gasteiger partial charge on any atom is 0.408 e. The standard InChI is InChI=1S/C70H110N12O16/c1-17-43(8)62(80(13)68(92)59(41(4)5)77-67(91)61(42(6)7)79(11)12)53(96-15)37-57(87)82-38-49(83)36-52(82)63(97-16)44(9)64(88)73-45(10)60(47-26-30-50(95-14)31-27-47)78-70(94)98-39-46-24-28-48(29-25-46)74-65(89)51(22-21-34-72-69(71)93)75-66(90)58(40(2)3)76-54(84)23-19-18-20-35-81-55(85)32-33-56(81)86/h24-33,40-45,49,51-53,58-63,83H,17-23,34-39H2,1-16H3,(H,73,88)(H,74,89)(H,75,90)(H,76,84)(H,77,91)(H,78,94)(H3,71,72,93)/t43-,44+,45+,49-,51?,52-,53+,58-,59-,60?,61-,62?,63+/m0/s1. The Bertz CT molecular complexity index is 2990. The number of rotatable bonds is 40. The molecule has 2 aliphatic heterocycles. The highest BCUT2D eigenvalue weighted by Gasteiger charge is 2.46. The van der Waals surface area contributed by atoms with Gasteiger partial charge in [-0.25, -0.2) is 9.59 Å². The quantitative estimate of drug-likeness (QED) is 0.0332. The first-order chi connectivity index (χ1) is 46.3. The Balaban J connectivity index is 1.43. The van der Waals surface area contributed by atoms with Crippen LogP contribution in [-0.2, 0) is 64.0 Å². The minimum absolute atomic E-state index is 0.0268. The number of methoxy groups -OCH3 is 3. The number of alkyl carbamates (subject to hydrolysis) is 1. The Morgan fingerprint density at radius 2 is 1.34 bits per heavy atom. The summed E-state index contributed by atoms with van der Waals surface area (Å²) >= 11 is 0. The summed E-state index contributed by atoms with van der Waals surface area (Å²) in [4.78, 5) is 153. The van der Waals surface area contributed by atoms with Gasteiger partial charge < -0.3 is 76.8 Å². The predicted molar refractivity (Wildman–Crippen MR) is 368 cm³/mol. The van der Waals surface area contributed by atoms with E-state index >= 15 is 0 Å². The average Bonchev–Trinajstić information content (AvgIpc) is 1.49. The van der Waals surface area contributed by atoms with Gasteiger partial charge in [-0.15, -0.1) is 0 Å². The number of anilines is 1. The van der Waals surface area contributed by atoms with Gasteiger partial charge in [-0.1, -0.05) is 99.4 Å². The Morgan fingerprint density at radius 3 is 1.89 bits per heavy atom. The van der Waals surface area contributed by atoms with Crippen LogP contribution in [0.25, 0.3) is 0 Å². The first-order valence-corrected chi connectivity index (χ1v) is 34.0. The van der Waals surface area contributed by atoms with Gasteiger partial charge in [-0.3, -0.25) is 53.0 Å². The van der Waals surface area contributed by atoms with Crippen LogP contribution < -0.4 is 47.7 Å². The zero-order valence-electron chi connectivity index (χ0n) is 60.1. The van der Waals surface area contributed by atoms with Crippen LogP contribution in [0.1, 0.15) is 144 Å². The fourth-order valence-electron chi connectivity index (χ4n) is 12.6. The smallest absolute Gasteiger partial charge is 0.408 e. The molecule has 0 aromatic heterocycles. The molecular weight excluding hydrogens is 1260 g/mol. The number of nitrogens with two attached hydrogens (primary N) is 1. The van der Waals surface area contributed by atoms with E-state index in [1.807, 2.05) is 60.5 Å². The minimum atomic E-state index is -1.12. The van der Waals surface area contributed by atoms with Gasteiger partial charge in [-0.05, 0) is 112 Å². The number of unbranched alkanes of at least 4 members (excludes halogenated alkanes) is 2. The molecule has 2 aliphatic rings. The van der Waals surface area contributed by atoms with Gasteiger partial charge in [0.1, 0.15) is 30.5 Å². The van der Waals surface area contributed by atoms with E-state index in [0.29, 0.717) is 48.2 Å². The van der Waals surface area contributed by atoms with Gasteiger partial charge >= 0.3 is 12.1 Å². The van der Waals surface area contributed by atoms with Crippen molar-refractivity contribution in [3.63, 3.8) is 0 Å². The fourth-order valence-corrected chi connectivity index (χ4v) is 12.6. The van der Waals surface area contributed by atoms with Crippen LogP contribution in [0.5, 0.6) is 5.75 Å². The number of imide groups is 1. The van der Waals surface area contributed by atoms with E-state index in [4.69, 9.17) is 24.7 Å². The lowest BCUT2D eigenvalue weighted by Crippen LogP contribution is -2.59. The molecular formula is C70H110N12O16. The van der Waals surface area contributed by atoms with Gasteiger partial charge in [0, 0.05) is 65.2 Å². The summed E-state index contributed by atoms with van der Waals surface area (Å²) in [6.07, 6.45) is 1.37. The Kier molecular flexibility index (Phi) is 33.6. The molecule has 12 amide bonds. The van der Waals surface area contributed by atoms with Gasteiger partial charge in [0.25, 0.3) is 11.8 Å². The molecule has 2 aromatic carbocycles. The van der Waals surface area contributed by atoms with Crippen molar-refractivity contribution in [3.8, 4) is 5.75 Å². The highest BCUT2D eigenvalue weighted by atomic mass is 16.5. The van der Waals surface area contributed by atoms with Crippen LogP contribution in [0, 0.1) is 29.6 Å². The monoisotopic (exact) mass is 1370 g/mol. The summed E-state index contributed by atoms with van der Waals surface area (Å²) in [5.74, 6) is -5.01. The number of urea groups is 1. The second kappa shape index (κ2) is 40.0. The number of ether oxygens (including phenoxy) is 4. The lowest BCUT2D eigenvalue weighted by molar-refractivity contribution is -0.148. The van der Waals surface area contributed by atoms with Gasteiger partial charge in [0.15, 0.2) is 0 Å². The first-order valence-electron chi connectivity index (χ1n) is 34.0. The molecule has 0 bridgehead atoms. The molecule has 1 saturated heterocycles. The number of carbonyl (C=O) groups is 11. The molecule has 1 fully saturated rings. The summed E-state index contributed by atoms with van der Waals surface area (Å²) in [5.41, 5.74) is 6.71. The highest BCUT2D eigenvalue weighted by molar-refractivity contribution is 6.12. The number of carbonyl (C=O) groups excluding carboxylic acids is 11. The van der Waals surface area contributed by atoms with Crippen molar-refractivity contribution in [1.82, 2.24) is 51.5 Å². The van der Waals surface area contributed by atoms with Crippen molar-refractivity contribution in [2.24, 2.45) is 35.3 Å². The number of likely N-dealkylation sites (N-methyl/N-ethyl adjacent to an activating group) is 2. The van der Waals surface area contributed by atoms with Gasteiger partial charge in [0.2, 0.25) is 41.4 Å². The third kappa shape index (κ3) is 24.4. The molecule has 0 aliphatic carbocycles. The van der Waals surface area contributed by atoms with Crippen molar-refractivity contribution >= 4 is 71.0 Å². The summed E-state index contributed by atoms with van der Waals surface area (Å²) in [6, 6.07) is 6.02. The summed E-state index contributed by atoms with van der Waals surface area (Å²) in [6.45, 7) is 18.5. The number of nitrogens with zero attached hydrogens (tertiary/aromatic N) is 4. The topological polar surface area (TPSA) is 368 Å².